The molecule has 0 saturated carbocycles. The fourth-order valence-corrected chi connectivity index (χ4v) is 1.41. The quantitative estimate of drug-likeness (QED) is 0.825. The van der Waals surface area contributed by atoms with Crippen molar-refractivity contribution >= 4 is 5.97 Å². The number of nitrogens with zero attached hydrogens (tertiary/aromatic N) is 3. The molecule has 6 heteroatoms. The molecule has 6 nitrogen and oxygen atoms in total. The first kappa shape index (κ1) is 11.0. The van der Waals surface area contributed by atoms with Crippen molar-refractivity contribution in [3.05, 3.63) is 58.5 Å². The summed E-state index contributed by atoms with van der Waals surface area (Å²) in [6.07, 6.45) is 4.06. The lowest BCUT2D eigenvalue weighted by molar-refractivity contribution is 0.0694. The molecule has 1 N–H and O–H groups in total. The molecule has 0 atom stereocenters. The SMILES string of the molecule is O=C(O)c1cncnc1Cn1ccccc1=O. The third-order valence-electron chi connectivity index (χ3n) is 2.24. The van der Waals surface area contributed by atoms with Crippen LogP contribution in [0.1, 0.15) is 16.1 Å². The fraction of sp³-hybridized carbons (Fsp3) is 0.0909. The van der Waals surface area contributed by atoms with Crippen LogP contribution < -0.4 is 5.56 Å². The summed E-state index contributed by atoms with van der Waals surface area (Å²) in [4.78, 5) is 29.9. The number of aromatic carboxylic acids is 1. The lowest BCUT2D eigenvalue weighted by atomic mass is 10.2. The van der Waals surface area contributed by atoms with Crippen molar-refractivity contribution in [3.63, 3.8) is 0 Å². The van der Waals surface area contributed by atoms with E-state index in [4.69, 9.17) is 5.11 Å². The van der Waals surface area contributed by atoms with Crippen LogP contribution in [0.4, 0.5) is 0 Å². The highest BCUT2D eigenvalue weighted by Gasteiger charge is 2.11. The van der Waals surface area contributed by atoms with E-state index in [-0.39, 0.29) is 17.7 Å². The monoisotopic (exact) mass is 231 g/mol. The standard InChI is InChI=1S/C11H9N3O3/c15-10-3-1-2-4-14(10)6-9-8(11(16)17)5-12-7-13-9/h1-5,7H,6H2,(H,16,17). The van der Waals surface area contributed by atoms with Crippen molar-refractivity contribution in [2.24, 2.45) is 0 Å². The van der Waals surface area contributed by atoms with Gasteiger partial charge in [-0.3, -0.25) is 4.79 Å². The van der Waals surface area contributed by atoms with Gasteiger partial charge in [0.25, 0.3) is 5.56 Å². The molecule has 0 aromatic carbocycles. The molecule has 0 aliphatic carbocycles. The van der Waals surface area contributed by atoms with Crippen LogP contribution >= 0.6 is 0 Å². The summed E-state index contributed by atoms with van der Waals surface area (Å²) >= 11 is 0. The minimum absolute atomic E-state index is 0.00301. The van der Waals surface area contributed by atoms with Crippen LogP contribution in [0.3, 0.4) is 0 Å². The largest absolute Gasteiger partial charge is 0.478 e. The Kier molecular flexibility index (Phi) is 2.95. The van der Waals surface area contributed by atoms with Crippen LogP contribution in [0.25, 0.3) is 0 Å². The molecule has 0 aliphatic heterocycles. The molecule has 0 unspecified atom stereocenters. The first-order chi connectivity index (χ1) is 8.18. The molecule has 2 aromatic rings. The topological polar surface area (TPSA) is 85.1 Å². The van der Waals surface area contributed by atoms with Gasteiger partial charge in [-0.2, -0.15) is 0 Å². The first-order valence-corrected chi connectivity index (χ1v) is 4.86. The number of pyridine rings is 1. The zero-order valence-corrected chi connectivity index (χ0v) is 8.78. The maximum atomic E-state index is 11.5. The van der Waals surface area contributed by atoms with Gasteiger partial charge in [-0.15, -0.1) is 0 Å². The minimum Gasteiger partial charge on any atom is -0.478 e. The fourth-order valence-electron chi connectivity index (χ4n) is 1.41. The molecule has 2 aromatic heterocycles. The molecule has 0 saturated heterocycles. The summed E-state index contributed by atoms with van der Waals surface area (Å²) in [6, 6.07) is 4.72. The maximum Gasteiger partial charge on any atom is 0.339 e. The van der Waals surface area contributed by atoms with Gasteiger partial charge < -0.3 is 9.67 Å². The number of carboxylic acids is 1. The molecule has 0 aliphatic rings. The molecular weight excluding hydrogens is 222 g/mol. The zero-order valence-electron chi connectivity index (χ0n) is 8.78. The summed E-state index contributed by atoms with van der Waals surface area (Å²) in [5.74, 6) is -1.11. The summed E-state index contributed by atoms with van der Waals surface area (Å²) in [5.41, 5.74) is 0.103. The lowest BCUT2D eigenvalue weighted by Gasteiger charge is -2.06. The highest BCUT2D eigenvalue weighted by molar-refractivity contribution is 5.88. The predicted molar refractivity (Wildman–Crippen MR) is 58.8 cm³/mol. The Morgan fingerprint density at radius 1 is 1.41 bits per heavy atom. The number of carboxylic acid groups (broad SMARTS) is 1. The second kappa shape index (κ2) is 4.56. The van der Waals surface area contributed by atoms with Crippen LogP contribution in [0.5, 0.6) is 0 Å². The molecule has 0 radical (unpaired) electrons. The van der Waals surface area contributed by atoms with Gasteiger partial charge in [0.2, 0.25) is 0 Å². The highest BCUT2D eigenvalue weighted by atomic mass is 16.4. The van der Waals surface area contributed by atoms with Gasteiger partial charge in [-0.05, 0) is 6.07 Å². The number of rotatable bonds is 3. The van der Waals surface area contributed by atoms with Crippen LogP contribution in [0, 0.1) is 0 Å². The van der Waals surface area contributed by atoms with Crippen molar-refractivity contribution in [2.45, 2.75) is 6.54 Å². The Hall–Kier alpha value is -2.50. The molecule has 17 heavy (non-hydrogen) atoms. The van der Waals surface area contributed by atoms with E-state index in [1.54, 1.807) is 18.3 Å². The first-order valence-electron chi connectivity index (χ1n) is 4.86. The van der Waals surface area contributed by atoms with Crippen LogP contribution in [-0.4, -0.2) is 25.6 Å². The summed E-state index contributed by atoms with van der Waals surface area (Å²) in [5, 5.41) is 8.95. The zero-order chi connectivity index (χ0) is 12.3. The molecule has 2 heterocycles. The summed E-state index contributed by atoms with van der Waals surface area (Å²) < 4.78 is 1.38. The van der Waals surface area contributed by atoms with E-state index in [1.165, 1.54) is 23.2 Å². The Balaban J connectivity index is 2.40. The number of carbonyl (C=O) groups is 1. The summed E-state index contributed by atoms with van der Waals surface area (Å²) in [6.45, 7) is 0.115. The molecular formula is C11H9N3O3. The van der Waals surface area contributed by atoms with E-state index in [9.17, 15) is 9.59 Å². The van der Waals surface area contributed by atoms with Crippen molar-refractivity contribution in [3.8, 4) is 0 Å². The van der Waals surface area contributed by atoms with Crippen molar-refractivity contribution < 1.29 is 9.90 Å². The Morgan fingerprint density at radius 2 is 2.24 bits per heavy atom. The normalized spacial score (nSPS) is 10.1. The van der Waals surface area contributed by atoms with Gasteiger partial charge in [0.05, 0.1) is 12.2 Å². The van der Waals surface area contributed by atoms with Gasteiger partial charge >= 0.3 is 5.97 Å². The molecule has 0 bridgehead atoms. The van der Waals surface area contributed by atoms with E-state index in [1.807, 2.05) is 0 Å². The third kappa shape index (κ3) is 2.36. The average molecular weight is 231 g/mol. The van der Waals surface area contributed by atoms with E-state index >= 15 is 0 Å². The second-order valence-electron chi connectivity index (χ2n) is 3.36. The van der Waals surface area contributed by atoms with Crippen molar-refractivity contribution in [2.75, 3.05) is 0 Å². The maximum absolute atomic E-state index is 11.5. The van der Waals surface area contributed by atoms with Gasteiger partial charge in [0.15, 0.2) is 0 Å². The van der Waals surface area contributed by atoms with Gasteiger partial charge in [0, 0.05) is 18.5 Å². The van der Waals surface area contributed by atoms with E-state index in [0.717, 1.165) is 0 Å². The lowest BCUT2D eigenvalue weighted by Crippen LogP contribution is -2.20. The van der Waals surface area contributed by atoms with Gasteiger partial charge in [-0.1, -0.05) is 6.07 Å². The van der Waals surface area contributed by atoms with E-state index < -0.39 is 5.97 Å². The molecule has 86 valence electrons. The third-order valence-corrected chi connectivity index (χ3v) is 2.24. The van der Waals surface area contributed by atoms with Crippen LogP contribution in [0.15, 0.2) is 41.7 Å². The molecule has 2 rings (SSSR count). The van der Waals surface area contributed by atoms with Crippen LogP contribution in [0.2, 0.25) is 0 Å². The second-order valence-corrected chi connectivity index (χ2v) is 3.36. The number of aromatic nitrogens is 3. The number of hydrogen-bond acceptors (Lipinski definition) is 4. The molecule has 0 amide bonds. The average Bonchev–Trinajstić information content (AvgIpc) is 2.32. The van der Waals surface area contributed by atoms with Gasteiger partial charge in [0.1, 0.15) is 11.9 Å². The summed E-state index contributed by atoms with van der Waals surface area (Å²) in [7, 11) is 0. The van der Waals surface area contributed by atoms with Crippen LogP contribution in [-0.2, 0) is 6.54 Å². The predicted octanol–water partition coefficient (Wildman–Crippen LogP) is 0.385. The minimum atomic E-state index is -1.11. The van der Waals surface area contributed by atoms with Crippen molar-refractivity contribution in [1.29, 1.82) is 0 Å². The molecule has 0 spiro atoms. The van der Waals surface area contributed by atoms with Gasteiger partial charge in [-0.25, -0.2) is 14.8 Å². The smallest absolute Gasteiger partial charge is 0.339 e. The van der Waals surface area contributed by atoms with Crippen molar-refractivity contribution in [1.82, 2.24) is 14.5 Å². The Bertz CT molecular complexity index is 607. The van der Waals surface area contributed by atoms with E-state index in [2.05, 4.69) is 9.97 Å². The van der Waals surface area contributed by atoms with E-state index in [0.29, 0.717) is 5.69 Å². The highest BCUT2D eigenvalue weighted by Crippen LogP contribution is 2.04. The Labute approximate surface area is 96.2 Å². The number of hydrogen-bond donors (Lipinski definition) is 1. The Morgan fingerprint density at radius 3 is 2.94 bits per heavy atom. The molecule has 0 fully saturated rings.